The first-order chi connectivity index (χ1) is 13.8. The lowest BCUT2D eigenvalue weighted by Gasteiger charge is -2.19. The van der Waals surface area contributed by atoms with Gasteiger partial charge in [0.05, 0.1) is 0 Å². The van der Waals surface area contributed by atoms with Crippen molar-refractivity contribution < 1.29 is 19.4 Å². The molecular weight excluding hydrogens is 406 g/mol. The molecule has 29 heavy (non-hydrogen) atoms. The van der Waals surface area contributed by atoms with Crippen molar-refractivity contribution in [2.75, 3.05) is 12.4 Å². The fourth-order valence-electron chi connectivity index (χ4n) is 3.24. The van der Waals surface area contributed by atoms with Gasteiger partial charge in [0, 0.05) is 16.4 Å². The van der Waals surface area contributed by atoms with Gasteiger partial charge in [-0.15, -0.1) is 0 Å². The molecular formula is C22H25NO4S2. The summed E-state index contributed by atoms with van der Waals surface area (Å²) in [6.45, 7) is 6.33. The molecule has 2 aromatic carbocycles. The molecule has 5 nitrogen and oxygen atoms in total. The Kier molecular flexibility index (Phi) is 6.80. The van der Waals surface area contributed by atoms with Crippen molar-refractivity contribution in [2.24, 2.45) is 0 Å². The number of rotatable bonds is 7. The summed E-state index contributed by atoms with van der Waals surface area (Å²) < 4.78 is 5.45. The fraction of sp³-hybridized carbons (Fsp3) is 0.364. The zero-order chi connectivity index (χ0) is 21.0. The Morgan fingerprint density at radius 1 is 1.07 bits per heavy atom. The summed E-state index contributed by atoms with van der Waals surface area (Å²) in [4.78, 5) is 23.8. The molecule has 0 unspecified atom stereocenters. The van der Waals surface area contributed by atoms with Gasteiger partial charge in [0.25, 0.3) is 0 Å². The highest BCUT2D eigenvalue weighted by Gasteiger charge is 2.29. The zero-order valence-corrected chi connectivity index (χ0v) is 18.3. The highest BCUT2D eigenvalue weighted by atomic mass is 33.1. The van der Waals surface area contributed by atoms with E-state index < -0.39 is 18.1 Å². The average molecular weight is 432 g/mol. The number of hydrogen-bond donors (Lipinski definition) is 2. The number of alkyl carbamates (subject to hydrolysis) is 1. The molecule has 7 heteroatoms. The minimum atomic E-state index is -1.07. The lowest BCUT2D eigenvalue weighted by molar-refractivity contribution is -0.138. The second-order valence-electron chi connectivity index (χ2n) is 7.84. The van der Waals surface area contributed by atoms with Crippen LogP contribution in [0, 0.1) is 0 Å². The molecule has 1 amide bonds. The minimum Gasteiger partial charge on any atom is -0.480 e. The third-order valence-corrected chi connectivity index (χ3v) is 7.83. The lowest BCUT2D eigenvalue weighted by atomic mass is 9.98. The second kappa shape index (κ2) is 9.13. The molecule has 1 aliphatic rings. The Morgan fingerprint density at radius 2 is 1.62 bits per heavy atom. The molecule has 1 aliphatic carbocycles. The molecule has 2 aromatic rings. The maximum atomic E-state index is 12.3. The van der Waals surface area contributed by atoms with E-state index in [-0.39, 0.29) is 23.0 Å². The van der Waals surface area contributed by atoms with Gasteiger partial charge < -0.3 is 15.2 Å². The van der Waals surface area contributed by atoms with Gasteiger partial charge in [-0.25, -0.2) is 9.59 Å². The van der Waals surface area contributed by atoms with Crippen LogP contribution in [0.2, 0.25) is 0 Å². The molecule has 2 N–H and O–H groups in total. The monoisotopic (exact) mass is 431 g/mol. The highest BCUT2D eigenvalue weighted by molar-refractivity contribution is 8.77. The number of fused-ring (bicyclic) bond motifs is 3. The number of carboxylic acids is 1. The molecule has 3 rings (SSSR count). The maximum Gasteiger partial charge on any atom is 0.407 e. The number of carbonyl (C=O) groups is 2. The van der Waals surface area contributed by atoms with Crippen LogP contribution in [-0.2, 0) is 9.53 Å². The third-order valence-electron chi connectivity index (χ3n) is 4.48. The van der Waals surface area contributed by atoms with E-state index >= 15 is 0 Å². The Labute approximate surface area is 179 Å². The van der Waals surface area contributed by atoms with Gasteiger partial charge in [0.1, 0.15) is 12.6 Å². The van der Waals surface area contributed by atoms with Crippen molar-refractivity contribution in [3.63, 3.8) is 0 Å². The summed E-state index contributed by atoms with van der Waals surface area (Å²) in [5, 5.41) is 11.9. The molecule has 0 radical (unpaired) electrons. The van der Waals surface area contributed by atoms with Gasteiger partial charge in [0.2, 0.25) is 0 Å². The van der Waals surface area contributed by atoms with Crippen molar-refractivity contribution >= 4 is 33.7 Å². The maximum absolute atomic E-state index is 12.3. The number of carbonyl (C=O) groups excluding carboxylic acids is 1. The first-order valence-electron chi connectivity index (χ1n) is 9.41. The SMILES string of the molecule is CC(C)(C)SSC[C@@H](NC(=O)OCC1c2ccccc2-c2ccccc21)C(=O)O. The van der Waals surface area contributed by atoms with Crippen LogP contribution >= 0.6 is 21.6 Å². The molecule has 0 aliphatic heterocycles. The largest absolute Gasteiger partial charge is 0.480 e. The molecule has 0 spiro atoms. The van der Waals surface area contributed by atoms with E-state index in [9.17, 15) is 14.7 Å². The molecule has 154 valence electrons. The van der Waals surface area contributed by atoms with E-state index in [1.807, 2.05) is 36.4 Å². The predicted molar refractivity (Wildman–Crippen MR) is 119 cm³/mol. The predicted octanol–water partition coefficient (Wildman–Crippen LogP) is 5.16. The van der Waals surface area contributed by atoms with Gasteiger partial charge in [-0.3, -0.25) is 0 Å². The van der Waals surface area contributed by atoms with Gasteiger partial charge in [-0.1, -0.05) is 90.9 Å². The van der Waals surface area contributed by atoms with E-state index in [1.165, 1.54) is 10.8 Å². The summed E-state index contributed by atoms with van der Waals surface area (Å²) in [7, 11) is 3.01. The van der Waals surface area contributed by atoms with Crippen molar-refractivity contribution in [3.8, 4) is 11.1 Å². The summed E-state index contributed by atoms with van der Waals surface area (Å²) in [6, 6.07) is 15.2. The van der Waals surface area contributed by atoms with E-state index in [1.54, 1.807) is 10.8 Å². The number of hydrogen-bond acceptors (Lipinski definition) is 5. The number of benzene rings is 2. The fourth-order valence-corrected chi connectivity index (χ4v) is 5.69. The standard InChI is InChI=1S/C22H25NO4S2/c1-22(2,3)29-28-13-19(20(24)25)23-21(26)27-12-18-16-10-6-4-8-14(16)15-9-5-7-11-17(15)18/h4-11,18-19H,12-13H2,1-3H3,(H,23,26)(H,24,25)/t19-/m1/s1. The van der Waals surface area contributed by atoms with Crippen LogP contribution in [0.3, 0.4) is 0 Å². The molecule has 0 heterocycles. The van der Waals surface area contributed by atoms with Crippen molar-refractivity contribution in [3.05, 3.63) is 59.7 Å². The summed E-state index contributed by atoms with van der Waals surface area (Å²) >= 11 is 0. The van der Waals surface area contributed by atoms with E-state index in [4.69, 9.17) is 4.74 Å². The van der Waals surface area contributed by atoms with Crippen LogP contribution in [0.4, 0.5) is 4.79 Å². The third kappa shape index (κ3) is 5.48. The Hall–Kier alpha value is -2.12. The normalized spacial score (nSPS) is 14.0. The van der Waals surface area contributed by atoms with E-state index in [2.05, 4.69) is 38.2 Å². The van der Waals surface area contributed by atoms with Crippen LogP contribution in [0.5, 0.6) is 0 Å². The topological polar surface area (TPSA) is 75.6 Å². The van der Waals surface area contributed by atoms with Gasteiger partial charge >= 0.3 is 12.1 Å². The van der Waals surface area contributed by atoms with E-state index in [0.29, 0.717) is 0 Å². The highest BCUT2D eigenvalue weighted by Crippen LogP contribution is 2.44. The quantitative estimate of drug-likeness (QED) is 0.590. The Morgan fingerprint density at radius 3 is 2.14 bits per heavy atom. The molecule has 0 saturated carbocycles. The molecule has 0 saturated heterocycles. The van der Waals surface area contributed by atoms with Gasteiger partial charge in [-0.05, 0) is 22.3 Å². The summed E-state index contributed by atoms with van der Waals surface area (Å²) in [5.74, 6) is -0.857. The molecule has 1 atom stereocenters. The number of nitrogens with one attached hydrogen (secondary N) is 1. The number of carboxylic acid groups (broad SMARTS) is 1. The smallest absolute Gasteiger partial charge is 0.407 e. The summed E-state index contributed by atoms with van der Waals surface area (Å²) in [5.41, 5.74) is 4.54. The Balaban J connectivity index is 1.61. The van der Waals surface area contributed by atoms with Gasteiger partial charge in [-0.2, -0.15) is 0 Å². The van der Waals surface area contributed by atoms with Crippen molar-refractivity contribution in [2.45, 2.75) is 37.5 Å². The van der Waals surface area contributed by atoms with Crippen LogP contribution in [-0.4, -0.2) is 40.3 Å². The number of ether oxygens (including phenoxy) is 1. The van der Waals surface area contributed by atoms with Gasteiger partial charge in [0.15, 0.2) is 0 Å². The van der Waals surface area contributed by atoms with Crippen molar-refractivity contribution in [1.29, 1.82) is 0 Å². The first-order valence-corrected chi connectivity index (χ1v) is 11.7. The summed E-state index contributed by atoms with van der Waals surface area (Å²) in [6.07, 6.45) is -0.708. The lowest BCUT2D eigenvalue weighted by Crippen LogP contribution is -2.43. The number of amides is 1. The zero-order valence-electron chi connectivity index (χ0n) is 16.7. The average Bonchev–Trinajstić information content (AvgIpc) is 2.98. The first kappa shape index (κ1) is 21.6. The van der Waals surface area contributed by atoms with Crippen LogP contribution in [0.1, 0.15) is 37.8 Å². The molecule has 0 fully saturated rings. The second-order valence-corrected chi connectivity index (χ2v) is 11.0. The molecule has 0 bridgehead atoms. The minimum absolute atomic E-state index is 0.0114. The molecule has 0 aromatic heterocycles. The van der Waals surface area contributed by atoms with E-state index in [0.717, 1.165) is 22.3 Å². The van der Waals surface area contributed by atoms with Crippen LogP contribution in [0.15, 0.2) is 48.5 Å². The van der Waals surface area contributed by atoms with Crippen molar-refractivity contribution in [1.82, 2.24) is 5.32 Å². The van der Waals surface area contributed by atoms with Crippen LogP contribution < -0.4 is 5.32 Å². The van der Waals surface area contributed by atoms with Crippen LogP contribution in [0.25, 0.3) is 11.1 Å². The Bertz CT molecular complexity index is 849. The number of aliphatic carboxylic acids is 1.